The summed E-state index contributed by atoms with van der Waals surface area (Å²) in [5.41, 5.74) is 2.20. The smallest absolute Gasteiger partial charge is 0.256 e. The van der Waals surface area contributed by atoms with Crippen LogP contribution >= 0.6 is 0 Å². The van der Waals surface area contributed by atoms with Gasteiger partial charge < -0.3 is 10.1 Å². The van der Waals surface area contributed by atoms with E-state index in [4.69, 9.17) is 4.74 Å². The van der Waals surface area contributed by atoms with Crippen molar-refractivity contribution in [3.05, 3.63) is 29.7 Å². The van der Waals surface area contributed by atoms with Crippen molar-refractivity contribution in [1.82, 2.24) is 24.8 Å². The maximum atomic E-state index is 12.4. The lowest BCUT2D eigenvalue weighted by molar-refractivity contribution is 0.0946. The van der Waals surface area contributed by atoms with Crippen LogP contribution in [0.4, 0.5) is 0 Å². The quantitative estimate of drug-likeness (QED) is 0.829. The molecule has 0 aromatic carbocycles. The van der Waals surface area contributed by atoms with Gasteiger partial charge in [0.05, 0.1) is 12.8 Å². The van der Waals surface area contributed by atoms with Gasteiger partial charge in [0.25, 0.3) is 5.91 Å². The molecule has 0 spiro atoms. The summed E-state index contributed by atoms with van der Waals surface area (Å²) >= 11 is 0. The highest BCUT2D eigenvalue weighted by molar-refractivity contribution is 5.99. The summed E-state index contributed by atoms with van der Waals surface area (Å²) in [5, 5.41) is 7.25. The average Bonchev–Trinajstić information content (AvgIpc) is 3.26. The standard InChI is InChI=1S/C17H25N5O2/c1-3-21(4-2)10-14-8-18-16-15(9-20-22(16)11-14)17(23)19-7-13-5-6-24-12-13/h8-9,11,13H,3-7,10,12H2,1-2H3,(H,19,23). The summed E-state index contributed by atoms with van der Waals surface area (Å²) in [6.07, 6.45) is 6.37. The summed E-state index contributed by atoms with van der Waals surface area (Å²) in [7, 11) is 0. The minimum atomic E-state index is -0.124. The number of hydrogen-bond acceptors (Lipinski definition) is 5. The number of amides is 1. The second kappa shape index (κ2) is 7.72. The minimum Gasteiger partial charge on any atom is -0.381 e. The summed E-state index contributed by atoms with van der Waals surface area (Å²) in [6, 6.07) is 0. The Morgan fingerprint density at radius 1 is 1.42 bits per heavy atom. The molecular formula is C17H25N5O2. The van der Waals surface area contributed by atoms with Crippen LogP contribution in [0.1, 0.15) is 36.2 Å². The van der Waals surface area contributed by atoms with Gasteiger partial charge in [-0.2, -0.15) is 5.10 Å². The van der Waals surface area contributed by atoms with Gasteiger partial charge in [0.1, 0.15) is 5.56 Å². The topological polar surface area (TPSA) is 71.8 Å². The van der Waals surface area contributed by atoms with Gasteiger partial charge in [0.15, 0.2) is 5.65 Å². The molecule has 1 aliphatic heterocycles. The normalized spacial score (nSPS) is 17.7. The molecule has 1 saturated heterocycles. The molecule has 1 unspecified atom stereocenters. The molecule has 0 aliphatic carbocycles. The highest BCUT2D eigenvalue weighted by atomic mass is 16.5. The van der Waals surface area contributed by atoms with E-state index in [9.17, 15) is 4.79 Å². The molecule has 1 aliphatic rings. The van der Waals surface area contributed by atoms with Crippen molar-refractivity contribution < 1.29 is 9.53 Å². The molecule has 2 aromatic rings. The van der Waals surface area contributed by atoms with Crippen LogP contribution in [0, 0.1) is 5.92 Å². The third kappa shape index (κ3) is 3.73. The van der Waals surface area contributed by atoms with Crippen molar-refractivity contribution >= 4 is 11.6 Å². The molecule has 1 atom stereocenters. The zero-order valence-electron chi connectivity index (χ0n) is 14.4. The lowest BCUT2D eigenvalue weighted by Crippen LogP contribution is -2.29. The van der Waals surface area contributed by atoms with E-state index in [-0.39, 0.29) is 5.91 Å². The predicted octanol–water partition coefficient (Wildman–Crippen LogP) is 1.34. The molecule has 2 aromatic heterocycles. The molecule has 3 rings (SSSR count). The average molecular weight is 331 g/mol. The fourth-order valence-corrected chi connectivity index (χ4v) is 2.94. The summed E-state index contributed by atoms with van der Waals surface area (Å²) in [6.45, 7) is 9.24. The summed E-state index contributed by atoms with van der Waals surface area (Å²) in [4.78, 5) is 19.1. The second-order valence-corrected chi connectivity index (χ2v) is 6.19. The third-order valence-corrected chi connectivity index (χ3v) is 4.53. The molecule has 0 saturated carbocycles. The van der Waals surface area contributed by atoms with Crippen molar-refractivity contribution in [2.75, 3.05) is 32.8 Å². The molecule has 7 nitrogen and oxygen atoms in total. The zero-order valence-corrected chi connectivity index (χ0v) is 14.4. The fourth-order valence-electron chi connectivity index (χ4n) is 2.94. The van der Waals surface area contributed by atoms with Crippen molar-refractivity contribution in [3.8, 4) is 0 Å². The van der Waals surface area contributed by atoms with Crippen molar-refractivity contribution in [2.24, 2.45) is 5.92 Å². The van der Waals surface area contributed by atoms with Crippen LogP contribution in [0.5, 0.6) is 0 Å². The van der Waals surface area contributed by atoms with E-state index >= 15 is 0 Å². The van der Waals surface area contributed by atoms with E-state index in [1.54, 1.807) is 10.7 Å². The van der Waals surface area contributed by atoms with E-state index in [0.29, 0.717) is 23.7 Å². The van der Waals surface area contributed by atoms with E-state index in [1.165, 1.54) is 0 Å². The second-order valence-electron chi connectivity index (χ2n) is 6.19. The van der Waals surface area contributed by atoms with Gasteiger partial charge in [-0.25, -0.2) is 9.50 Å². The monoisotopic (exact) mass is 331 g/mol. The fraction of sp³-hybridized carbons (Fsp3) is 0.588. The number of carbonyl (C=O) groups is 1. The largest absolute Gasteiger partial charge is 0.381 e. The Bertz CT molecular complexity index is 689. The van der Waals surface area contributed by atoms with Crippen LogP contribution < -0.4 is 5.32 Å². The molecule has 1 amide bonds. The van der Waals surface area contributed by atoms with E-state index in [0.717, 1.165) is 44.8 Å². The third-order valence-electron chi connectivity index (χ3n) is 4.53. The summed E-state index contributed by atoms with van der Waals surface area (Å²) < 4.78 is 7.02. The van der Waals surface area contributed by atoms with Gasteiger partial charge in [-0.3, -0.25) is 9.69 Å². The van der Waals surface area contributed by atoms with Crippen LogP contribution in [-0.2, 0) is 11.3 Å². The van der Waals surface area contributed by atoms with Crippen LogP contribution in [0.3, 0.4) is 0 Å². The van der Waals surface area contributed by atoms with Gasteiger partial charge in [-0.15, -0.1) is 0 Å². The van der Waals surface area contributed by atoms with Gasteiger partial charge in [-0.05, 0) is 19.5 Å². The van der Waals surface area contributed by atoms with Crippen molar-refractivity contribution in [3.63, 3.8) is 0 Å². The SMILES string of the molecule is CCN(CC)Cc1cnc2c(C(=O)NCC3CCOC3)cnn2c1. The first-order valence-electron chi connectivity index (χ1n) is 8.61. The zero-order chi connectivity index (χ0) is 16.9. The predicted molar refractivity (Wildman–Crippen MR) is 90.9 cm³/mol. The molecular weight excluding hydrogens is 306 g/mol. The van der Waals surface area contributed by atoms with Crippen LogP contribution in [0.25, 0.3) is 5.65 Å². The maximum Gasteiger partial charge on any atom is 0.256 e. The Hall–Kier alpha value is -1.99. The maximum absolute atomic E-state index is 12.4. The van der Waals surface area contributed by atoms with Gasteiger partial charge in [-0.1, -0.05) is 13.8 Å². The van der Waals surface area contributed by atoms with E-state index < -0.39 is 0 Å². The molecule has 0 radical (unpaired) electrons. The molecule has 3 heterocycles. The Labute approximate surface area is 142 Å². The lowest BCUT2D eigenvalue weighted by Gasteiger charge is -2.17. The molecule has 130 valence electrons. The van der Waals surface area contributed by atoms with Gasteiger partial charge in [0.2, 0.25) is 0 Å². The molecule has 0 bridgehead atoms. The van der Waals surface area contributed by atoms with Crippen LogP contribution in [0.15, 0.2) is 18.6 Å². The van der Waals surface area contributed by atoms with Crippen LogP contribution in [0.2, 0.25) is 0 Å². The Morgan fingerprint density at radius 3 is 2.96 bits per heavy atom. The highest BCUT2D eigenvalue weighted by Crippen LogP contribution is 2.13. The first kappa shape index (κ1) is 16.9. The highest BCUT2D eigenvalue weighted by Gasteiger charge is 2.19. The number of nitrogens with zero attached hydrogens (tertiary/aromatic N) is 4. The van der Waals surface area contributed by atoms with Crippen molar-refractivity contribution in [2.45, 2.75) is 26.8 Å². The number of carbonyl (C=O) groups excluding carboxylic acids is 1. The number of ether oxygens (including phenoxy) is 1. The minimum absolute atomic E-state index is 0.124. The molecule has 24 heavy (non-hydrogen) atoms. The molecule has 7 heteroatoms. The Kier molecular flexibility index (Phi) is 5.42. The first-order chi connectivity index (χ1) is 11.7. The molecule has 1 fully saturated rings. The number of aromatic nitrogens is 3. The van der Waals surface area contributed by atoms with Gasteiger partial charge in [0, 0.05) is 43.6 Å². The Balaban J connectivity index is 1.69. The number of hydrogen-bond donors (Lipinski definition) is 1. The Morgan fingerprint density at radius 2 is 2.25 bits per heavy atom. The van der Waals surface area contributed by atoms with E-state index in [2.05, 4.69) is 34.1 Å². The first-order valence-corrected chi connectivity index (χ1v) is 8.61. The van der Waals surface area contributed by atoms with Crippen LogP contribution in [-0.4, -0.2) is 58.3 Å². The lowest BCUT2D eigenvalue weighted by atomic mass is 10.1. The summed E-state index contributed by atoms with van der Waals surface area (Å²) in [5.74, 6) is 0.283. The van der Waals surface area contributed by atoms with Gasteiger partial charge >= 0.3 is 0 Å². The number of fused-ring (bicyclic) bond motifs is 1. The van der Waals surface area contributed by atoms with E-state index in [1.807, 2.05) is 12.4 Å². The number of nitrogens with one attached hydrogen (secondary N) is 1. The number of rotatable bonds is 7. The molecule has 1 N–H and O–H groups in total. The van der Waals surface area contributed by atoms with Crippen molar-refractivity contribution in [1.29, 1.82) is 0 Å².